The van der Waals surface area contributed by atoms with Crippen molar-refractivity contribution < 1.29 is 0 Å². The van der Waals surface area contributed by atoms with Crippen molar-refractivity contribution in [2.75, 3.05) is 0 Å². The smallest absolute Gasteiger partial charge is 0.0962 e. The first-order chi connectivity index (χ1) is 8.56. The van der Waals surface area contributed by atoms with Gasteiger partial charge in [-0.05, 0) is 25.2 Å². The lowest BCUT2D eigenvalue weighted by atomic mass is 9.86. The standard InChI is InChI=1S/C15H26N2S/c1-10(2)8-13-14(9-16-11(3)4)18-15(17-13)12-6-5-7-12/h10-12,16H,5-9H2,1-4H3. The third-order valence-corrected chi connectivity index (χ3v) is 4.78. The maximum atomic E-state index is 4.93. The second-order valence-electron chi connectivity index (χ2n) is 6.18. The van der Waals surface area contributed by atoms with Crippen LogP contribution in [0.4, 0.5) is 0 Å². The normalized spacial score (nSPS) is 16.6. The van der Waals surface area contributed by atoms with Gasteiger partial charge in [-0.2, -0.15) is 0 Å². The number of aromatic nitrogens is 1. The Morgan fingerprint density at radius 2 is 2.00 bits per heavy atom. The van der Waals surface area contributed by atoms with Crippen LogP contribution in [0, 0.1) is 5.92 Å². The summed E-state index contributed by atoms with van der Waals surface area (Å²) in [7, 11) is 0. The fourth-order valence-corrected chi connectivity index (χ4v) is 3.43. The van der Waals surface area contributed by atoms with Crippen molar-refractivity contribution >= 4 is 11.3 Å². The molecule has 102 valence electrons. The zero-order valence-corrected chi connectivity index (χ0v) is 12.9. The second-order valence-corrected chi connectivity index (χ2v) is 7.30. The van der Waals surface area contributed by atoms with Crippen molar-refractivity contribution in [2.45, 2.75) is 71.9 Å². The molecular formula is C15H26N2S. The van der Waals surface area contributed by atoms with E-state index in [4.69, 9.17) is 4.98 Å². The van der Waals surface area contributed by atoms with Crippen LogP contribution in [0.15, 0.2) is 0 Å². The van der Waals surface area contributed by atoms with Crippen LogP contribution in [0.3, 0.4) is 0 Å². The van der Waals surface area contributed by atoms with Crippen LogP contribution in [0.5, 0.6) is 0 Å². The molecular weight excluding hydrogens is 240 g/mol. The van der Waals surface area contributed by atoms with Gasteiger partial charge in [0.25, 0.3) is 0 Å². The van der Waals surface area contributed by atoms with Crippen molar-refractivity contribution in [1.29, 1.82) is 0 Å². The van der Waals surface area contributed by atoms with Crippen LogP contribution in [0.2, 0.25) is 0 Å². The van der Waals surface area contributed by atoms with Crippen LogP contribution in [-0.2, 0) is 13.0 Å². The molecule has 1 aliphatic carbocycles. The highest BCUT2D eigenvalue weighted by atomic mass is 32.1. The zero-order valence-electron chi connectivity index (χ0n) is 12.1. The molecule has 1 aromatic rings. The highest BCUT2D eigenvalue weighted by molar-refractivity contribution is 7.11. The number of hydrogen-bond acceptors (Lipinski definition) is 3. The Kier molecular flexibility index (Phi) is 4.79. The Morgan fingerprint density at radius 1 is 1.28 bits per heavy atom. The predicted octanol–water partition coefficient (Wildman–Crippen LogP) is 4.11. The third-order valence-electron chi connectivity index (χ3n) is 3.52. The molecule has 0 atom stereocenters. The molecule has 1 saturated carbocycles. The van der Waals surface area contributed by atoms with Crippen molar-refractivity contribution in [3.63, 3.8) is 0 Å². The van der Waals surface area contributed by atoms with Crippen LogP contribution < -0.4 is 5.32 Å². The summed E-state index contributed by atoms with van der Waals surface area (Å²) in [6.45, 7) is 9.96. The van der Waals surface area contributed by atoms with Crippen LogP contribution in [0.25, 0.3) is 0 Å². The van der Waals surface area contributed by atoms with Crippen LogP contribution in [0.1, 0.15) is 68.5 Å². The number of hydrogen-bond donors (Lipinski definition) is 1. The molecule has 0 bridgehead atoms. The van der Waals surface area contributed by atoms with E-state index in [0.717, 1.165) is 18.9 Å². The molecule has 0 amide bonds. The first-order valence-corrected chi connectivity index (χ1v) is 8.09. The van der Waals surface area contributed by atoms with Gasteiger partial charge < -0.3 is 5.32 Å². The average molecular weight is 266 g/mol. The molecule has 0 unspecified atom stereocenters. The minimum atomic E-state index is 0.547. The van der Waals surface area contributed by atoms with E-state index in [2.05, 4.69) is 33.0 Å². The van der Waals surface area contributed by atoms with Gasteiger partial charge in [0, 0.05) is 23.4 Å². The van der Waals surface area contributed by atoms with Crippen molar-refractivity contribution in [1.82, 2.24) is 10.3 Å². The van der Waals surface area contributed by atoms with Gasteiger partial charge in [-0.15, -0.1) is 11.3 Å². The van der Waals surface area contributed by atoms with Gasteiger partial charge in [-0.25, -0.2) is 4.98 Å². The fourth-order valence-electron chi connectivity index (χ4n) is 2.21. The van der Waals surface area contributed by atoms with E-state index >= 15 is 0 Å². The van der Waals surface area contributed by atoms with Gasteiger partial charge in [-0.3, -0.25) is 0 Å². The van der Waals surface area contributed by atoms with Crippen molar-refractivity contribution in [3.8, 4) is 0 Å². The molecule has 0 aliphatic heterocycles. The van der Waals surface area contributed by atoms with E-state index in [1.54, 1.807) is 0 Å². The maximum absolute atomic E-state index is 4.93. The first-order valence-electron chi connectivity index (χ1n) is 7.28. The van der Waals surface area contributed by atoms with Crippen LogP contribution in [-0.4, -0.2) is 11.0 Å². The van der Waals surface area contributed by atoms with E-state index < -0.39 is 0 Å². The summed E-state index contributed by atoms with van der Waals surface area (Å²) in [5.74, 6) is 1.47. The van der Waals surface area contributed by atoms with Gasteiger partial charge in [0.2, 0.25) is 0 Å². The van der Waals surface area contributed by atoms with Gasteiger partial charge in [0.05, 0.1) is 10.7 Å². The molecule has 1 fully saturated rings. The number of thiazole rings is 1. The zero-order chi connectivity index (χ0) is 13.1. The van der Waals surface area contributed by atoms with Crippen molar-refractivity contribution in [3.05, 3.63) is 15.6 Å². The van der Waals surface area contributed by atoms with E-state index in [1.807, 2.05) is 11.3 Å². The molecule has 2 rings (SSSR count). The monoisotopic (exact) mass is 266 g/mol. The van der Waals surface area contributed by atoms with Crippen molar-refractivity contribution in [2.24, 2.45) is 5.92 Å². The lowest BCUT2D eigenvalue weighted by Crippen LogP contribution is -2.22. The maximum Gasteiger partial charge on any atom is 0.0962 e. The molecule has 1 aliphatic rings. The van der Waals surface area contributed by atoms with Crippen LogP contribution >= 0.6 is 11.3 Å². The molecule has 1 N–H and O–H groups in total. The fraction of sp³-hybridized carbons (Fsp3) is 0.800. The summed E-state index contributed by atoms with van der Waals surface area (Å²) >= 11 is 1.95. The van der Waals surface area contributed by atoms with E-state index in [1.165, 1.54) is 34.8 Å². The predicted molar refractivity (Wildman–Crippen MR) is 79.2 cm³/mol. The quantitative estimate of drug-likeness (QED) is 0.838. The van der Waals surface area contributed by atoms with E-state index in [0.29, 0.717) is 12.0 Å². The average Bonchev–Trinajstić information content (AvgIpc) is 2.54. The minimum absolute atomic E-state index is 0.547. The molecule has 0 spiro atoms. The Balaban J connectivity index is 2.09. The Bertz CT molecular complexity index is 378. The Labute approximate surface area is 115 Å². The third kappa shape index (κ3) is 3.55. The molecule has 0 saturated heterocycles. The Hall–Kier alpha value is -0.410. The molecule has 1 aromatic heterocycles. The molecule has 3 heteroatoms. The van der Waals surface area contributed by atoms with E-state index in [-0.39, 0.29) is 0 Å². The lowest BCUT2D eigenvalue weighted by molar-refractivity contribution is 0.417. The highest BCUT2D eigenvalue weighted by Gasteiger charge is 2.24. The largest absolute Gasteiger partial charge is 0.310 e. The molecule has 18 heavy (non-hydrogen) atoms. The number of nitrogens with zero attached hydrogens (tertiary/aromatic N) is 1. The SMILES string of the molecule is CC(C)Cc1nc(C2CCC2)sc1CNC(C)C. The number of nitrogens with one attached hydrogen (secondary N) is 1. The molecule has 1 heterocycles. The lowest BCUT2D eigenvalue weighted by Gasteiger charge is -2.22. The summed E-state index contributed by atoms with van der Waals surface area (Å²) in [5.41, 5.74) is 1.35. The van der Waals surface area contributed by atoms with Gasteiger partial charge in [0.15, 0.2) is 0 Å². The minimum Gasteiger partial charge on any atom is -0.310 e. The van der Waals surface area contributed by atoms with Gasteiger partial charge >= 0.3 is 0 Å². The molecule has 2 nitrogen and oxygen atoms in total. The summed E-state index contributed by atoms with van der Waals surface area (Å²) in [6, 6.07) is 0.547. The van der Waals surface area contributed by atoms with E-state index in [9.17, 15) is 0 Å². The van der Waals surface area contributed by atoms with Gasteiger partial charge in [0.1, 0.15) is 0 Å². The first kappa shape index (κ1) is 14.0. The topological polar surface area (TPSA) is 24.9 Å². The second kappa shape index (κ2) is 6.16. The number of rotatable bonds is 6. The summed E-state index contributed by atoms with van der Waals surface area (Å²) in [6.07, 6.45) is 5.22. The Morgan fingerprint density at radius 3 is 2.50 bits per heavy atom. The molecule has 0 aromatic carbocycles. The van der Waals surface area contributed by atoms with Gasteiger partial charge in [-0.1, -0.05) is 34.1 Å². The summed E-state index contributed by atoms with van der Waals surface area (Å²) < 4.78 is 0. The molecule has 0 radical (unpaired) electrons. The summed E-state index contributed by atoms with van der Waals surface area (Å²) in [5, 5.41) is 4.93. The summed E-state index contributed by atoms with van der Waals surface area (Å²) in [4.78, 5) is 6.40. The highest BCUT2D eigenvalue weighted by Crippen LogP contribution is 2.39.